The Kier molecular flexibility index (Phi) is 4.24. The summed E-state index contributed by atoms with van der Waals surface area (Å²) in [5, 5.41) is 3.48. The van der Waals surface area contributed by atoms with Crippen LogP contribution in [-0.4, -0.2) is 12.1 Å². The highest BCUT2D eigenvalue weighted by molar-refractivity contribution is 5.85. The van der Waals surface area contributed by atoms with Gasteiger partial charge in [0.2, 0.25) is 0 Å². The molecule has 2 atom stereocenters. The Morgan fingerprint density at radius 3 is 1.78 bits per heavy atom. The molecular weight excluding hydrogens is 134 g/mol. The summed E-state index contributed by atoms with van der Waals surface area (Å²) >= 11 is 0. The van der Waals surface area contributed by atoms with Gasteiger partial charge in [-0.25, -0.2) is 0 Å². The summed E-state index contributed by atoms with van der Waals surface area (Å²) in [5.74, 6) is 0. The molecule has 1 fully saturated rings. The van der Waals surface area contributed by atoms with E-state index in [2.05, 4.69) is 19.2 Å². The standard InChI is InChI=1S/C7H15N.ClH/c1-6-4-3-5-7(2)8-6;/h6-8H,3-5H2,1-2H3;1H. The molecule has 0 saturated carbocycles. The second-order valence-electron chi connectivity index (χ2n) is 2.90. The van der Waals surface area contributed by atoms with Gasteiger partial charge < -0.3 is 5.32 Å². The fourth-order valence-electron chi connectivity index (χ4n) is 1.38. The van der Waals surface area contributed by atoms with E-state index < -0.39 is 0 Å². The van der Waals surface area contributed by atoms with Crippen molar-refractivity contribution in [2.24, 2.45) is 0 Å². The van der Waals surface area contributed by atoms with Crippen LogP contribution in [0.25, 0.3) is 0 Å². The molecule has 2 unspecified atom stereocenters. The van der Waals surface area contributed by atoms with Gasteiger partial charge in [-0.05, 0) is 26.7 Å². The van der Waals surface area contributed by atoms with Crippen LogP contribution in [0.2, 0.25) is 0 Å². The third-order valence-corrected chi connectivity index (χ3v) is 1.84. The normalized spacial score (nSPS) is 35.3. The maximum atomic E-state index is 3.48. The lowest BCUT2D eigenvalue weighted by Gasteiger charge is -2.25. The minimum Gasteiger partial charge on any atom is -0.312 e. The molecule has 0 amide bonds. The SMILES string of the molecule is CC1CCCC(C)N1.Cl. The number of rotatable bonds is 0. The van der Waals surface area contributed by atoms with Crippen LogP contribution in [0.5, 0.6) is 0 Å². The summed E-state index contributed by atoms with van der Waals surface area (Å²) in [5.41, 5.74) is 0. The summed E-state index contributed by atoms with van der Waals surface area (Å²) in [6.07, 6.45) is 4.14. The van der Waals surface area contributed by atoms with E-state index in [4.69, 9.17) is 0 Å². The lowest BCUT2D eigenvalue weighted by Crippen LogP contribution is -2.38. The van der Waals surface area contributed by atoms with E-state index in [0.29, 0.717) is 0 Å². The third kappa shape index (κ3) is 3.07. The average Bonchev–Trinajstić information content (AvgIpc) is 1.64. The van der Waals surface area contributed by atoms with Crippen LogP contribution in [0, 0.1) is 0 Å². The van der Waals surface area contributed by atoms with Crippen molar-refractivity contribution in [3.05, 3.63) is 0 Å². The molecule has 0 aliphatic carbocycles. The van der Waals surface area contributed by atoms with Crippen LogP contribution in [0.4, 0.5) is 0 Å². The van der Waals surface area contributed by atoms with E-state index in [1.807, 2.05) is 0 Å². The number of nitrogens with one attached hydrogen (secondary N) is 1. The van der Waals surface area contributed by atoms with Crippen LogP contribution < -0.4 is 5.32 Å². The number of hydrogen-bond acceptors (Lipinski definition) is 1. The molecule has 0 aromatic carbocycles. The third-order valence-electron chi connectivity index (χ3n) is 1.84. The molecule has 1 nitrogen and oxygen atoms in total. The summed E-state index contributed by atoms with van der Waals surface area (Å²) < 4.78 is 0. The number of halogens is 1. The highest BCUT2D eigenvalue weighted by Crippen LogP contribution is 2.10. The van der Waals surface area contributed by atoms with Gasteiger partial charge in [-0.15, -0.1) is 12.4 Å². The highest BCUT2D eigenvalue weighted by atomic mass is 35.5. The van der Waals surface area contributed by atoms with Crippen molar-refractivity contribution in [1.29, 1.82) is 0 Å². The van der Waals surface area contributed by atoms with E-state index in [9.17, 15) is 0 Å². The fraction of sp³-hybridized carbons (Fsp3) is 1.00. The molecule has 1 aliphatic heterocycles. The monoisotopic (exact) mass is 149 g/mol. The molecule has 0 spiro atoms. The Morgan fingerprint density at radius 1 is 1.11 bits per heavy atom. The molecule has 1 N–H and O–H groups in total. The largest absolute Gasteiger partial charge is 0.312 e. The molecule has 0 radical (unpaired) electrons. The molecular formula is C7H16ClN. The number of piperidine rings is 1. The first kappa shape index (κ1) is 9.25. The van der Waals surface area contributed by atoms with Gasteiger partial charge in [0.15, 0.2) is 0 Å². The quantitative estimate of drug-likeness (QED) is 0.555. The van der Waals surface area contributed by atoms with Crippen molar-refractivity contribution in [3.63, 3.8) is 0 Å². The molecule has 1 saturated heterocycles. The maximum absolute atomic E-state index is 3.48. The molecule has 2 heteroatoms. The lowest BCUT2D eigenvalue weighted by atomic mass is 10.0. The topological polar surface area (TPSA) is 12.0 Å². The van der Waals surface area contributed by atoms with Gasteiger partial charge in [-0.2, -0.15) is 0 Å². The molecule has 0 aromatic rings. The first-order valence-electron chi connectivity index (χ1n) is 3.55. The second-order valence-corrected chi connectivity index (χ2v) is 2.90. The summed E-state index contributed by atoms with van der Waals surface area (Å²) in [4.78, 5) is 0. The zero-order chi connectivity index (χ0) is 5.98. The first-order valence-corrected chi connectivity index (χ1v) is 3.55. The Hall–Kier alpha value is 0.250. The second kappa shape index (κ2) is 4.13. The van der Waals surface area contributed by atoms with Crippen LogP contribution in [0.3, 0.4) is 0 Å². The predicted molar refractivity (Wildman–Crippen MR) is 43.2 cm³/mol. The van der Waals surface area contributed by atoms with Crippen molar-refractivity contribution >= 4 is 12.4 Å². The fourth-order valence-corrected chi connectivity index (χ4v) is 1.38. The Bertz CT molecular complexity index is 67.3. The summed E-state index contributed by atoms with van der Waals surface area (Å²) in [7, 11) is 0. The van der Waals surface area contributed by atoms with Gasteiger partial charge in [0.25, 0.3) is 0 Å². The Balaban J connectivity index is 0.000000640. The van der Waals surface area contributed by atoms with Gasteiger partial charge in [0.1, 0.15) is 0 Å². The molecule has 1 aliphatic rings. The average molecular weight is 150 g/mol. The van der Waals surface area contributed by atoms with E-state index >= 15 is 0 Å². The molecule has 0 bridgehead atoms. The minimum absolute atomic E-state index is 0. The van der Waals surface area contributed by atoms with E-state index in [0.717, 1.165) is 12.1 Å². The van der Waals surface area contributed by atoms with Gasteiger partial charge >= 0.3 is 0 Å². The molecule has 1 rings (SSSR count). The van der Waals surface area contributed by atoms with Crippen molar-refractivity contribution in [3.8, 4) is 0 Å². The maximum Gasteiger partial charge on any atom is 0.00412 e. The Morgan fingerprint density at radius 2 is 1.56 bits per heavy atom. The molecule has 0 aromatic heterocycles. The van der Waals surface area contributed by atoms with Gasteiger partial charge in [0, 0.05) is 12.1 Å². The van der Waals surface area contributed by atoms with Gasteiger partial charge in [-0.1, -0.05) is 6.42 Å². The van der Waals surface area contributed by atoms with Crippen LogP contribution >= 0.6 is 12.4 Å². The Labute approximate surface area is 63.6 Å². The molecule has 56 valence electrons. The van der Waals surface area contributed by atoms with Crippen molar-refractivity contribution in [1.82, 2.24) is 5.32 Å². The summed E-state index contributed by atoms with van der Waals surface area (Å²) in [6, 6.07) is 1.53. The van der Waals surface area contributed by atoms with E-state index in [1.165, 1.54) is 19.3 Å². The van der Waals surface area contributed by atoms with Crippen LogP contribution in [0.15, 0.2) is 0 Å². The van der Waals surface area contributed by atoms with Gasteiger partial charge in [0.05, 0.1) is 0 Å². The van der Waals surface area contributed by atoms with E-state index in [1.54, 1.807) is 0 Å². The predicted octanol–water partition coefficient (Wildman–Crippen LogP) is 1.96. The highest BCUT2D eigenvalue weighted by Gasteiger charge is 2.11. The van der Waals surface area contributed by atoms with Gasteiger partial charge in [-0.3, -0.25) is 0 Å². The lowest BCUT2D eigenvalue weighted by molar-refractivity contribution is 0.352. The molecule has 1 heterocycles. The first-order chi connectivity index (χ1) is 3.79. The zero-order valence-electron chi connectivity index (χ0n) is 6.18. The smallest absolute Gasteiger partial charge is 0.00412 e. The van der Waals surface area contributed by atoms with Crippen molar-refractivity contribution in [2.45, 2.75) is 45.2 Å². The van der Waals surface area contributed by atoms with Crippen LogP contribution in [-0.2, 0) is 0 Å². The van der Waals surface area contributed by atoms with Crippen LogP contribution in [0.1, 0.15) is 33.1 Å². The van der Waals surface area contributed by atoms with Crippen molar-refractivity contribution in [2.75, 3.05) is 0 Å². The summed E-state index contributed by atoms with van der Waals surface area (Å²) in [6.45, 7) is 4.52. The van der Waals surface area contributed by atoms with E-state index in [-0.39, 0.29) is 12.4 Å². The van der Waals surface area contributed by atoms with Crippen molar-refractivity contribution < 1.29 is 0 Å². The molecule has 9 heavy (non-hydrogen) atoms. The minimum atomic E-state index is 0. The number of hydrogen-bond donors (Lipinski definition) is 1. The zero-order valence-corrected chi connectivity index (χ0v) is 7.00.